The second-order valence-corrected chi connectivity index (χ2v) is 6.17. The summed E-state index contributed by atoms with van der Waals surface area (Å²) in [6.07, 6.45) is 3.20. The largest absolute Gasteiger partial charge is 0.496 e. The molecule has 2 aromatic carbocycles. The van der Waals surface area contributed by atoms with Gasteiger partial charge >= 0.3 is 0 Å². The van der Waals surface area contributed by atoms with Crippen LogP contribution in [-0.4, -0.2) is 11.7 Å². The molecule has 3 nitrogen and oxygen atoms in total. The van der Waals surface area contributed by atoms with Crippen molar-refractivity contribution in [2.75, 3.05) is 7.11 Å². The van der Waals surface area contributed by atoms with Gasteiger partial charge in [-0.05, 0) is 41.8 Å². The molecule has 0 saturated heterocycles. The first-order valence-corrected chi connectivity index (χ1v) is 8.47. The van der Waals surface area contributed by atoms with Crippen LogP contribution in [0, 0.1) is 0 Å². The SMILES string of the molecule is CCc1ccc(C2NCc3c(OC)cccc3-n3cccc32)cc1. The van der Waals surface area contributed by atoms with Gasteiger partial charge in [-0.1, -0.05) is 37.3 Å². The van der Waals surface area contributed by atoms with Gasteiger partial charge in [-0.25, -0.2) is 0 Å². The zero-order valence-corrected chi connectivity index (χ0v) is 14.1. The Kier molecular flexibility index (Phi) is 3.87. The molecule has 1 unspecified atom stereocenters. The third-order valence-corrected chi connectivity index (χ3v) is 4.87. The first-order chi connectivity index (χ1) is 11.8. The molecule has 0 bridgehead atoms. The predicted molar refractivity (Wildman–Crippen MR) is 96.8 cm³/mol. The Balaban J connectivity index is 1.81. The summed E-state index contributed by atoms with van der Waals surface area (Å²) in [4.78, 5) is 0. The van der Waals surface area contributed by atoms with Crippen LogP contribution in [0.5, 0.6) is 5.75 Å². The molecule has 0 spiro atoms. The Morgan fingerprint density at radius 2 is 1.92 bits per heavy atom. The molecule has 2 heterocycles. The lowest BCUT2D eigenvalue weighted by Gasteiger charge is -2.18. The summed E-state index contributed by atoms with van der Waals surface area (Å²) in [6.45, 7) is 2.97. The normalized spacial score (nSPS) is 16.2. The van der Waals surface area contributed by atoms with E-state index in [1.54, 1.807) is 7.11 Å². The molecule has 3 heteroatoms. The van der Waals surface area contributed by atoms with Gasteiger partial charge < -0.3 is 14.6 Å². The Morgan fingerprint density at radius 1 is 1.08 bits per heavy atom. The number of hydrogen-bond donors (Lipinski definition) is 1. The maximum atomic E-state index is 5.58. The van der Waals surface area contributed by atoms with Gasteiger partial charge in [0, 0.05) is 24.0 Å². The van der Waals surface area contributed by atoms with Crippen molar-refractivity contribution in [3.8, 4) is 11.4 Å². The van der Waals surface area contributed by atoms with E-state index in [2.05, 4.69) is 71.5 Å². The summed E-state index contributed by atoms with van der Waals surface area (Å²) in [7, 11) is 1.73. The number of ether oxygens (including phenoxy) is 1. The maximum absolute atomic E-state index is 5.58. The molecule has 1 N–H and O–H groups in total. The van der Waals surface area contributed by atoms with Gasteiger partial charge in [0.05, 0.1) is 18.8 Å². The standard InChI is InChI=1S/C21H22N2O/c1-3-15-9-11-16(12-10-15)21-19-7-5-13-23(19)18-6-4-8-20(24-2)17(18)14-22-21/h4-13,21-22H,3,14H2,1-2H3. The average molecular weight is 318 g/mol. The van der Waals surface area contributed by atoms with E-state index in [0.717, 1.165) is 18.7 Å². The third-order valence-electron chi connectivity index (χ3n) is 4.87. The number of hydrogen-bond acceptors (Lipinski definition) is 2. The molecule has 24 heavy (non-hydrogen) atoms. The van der Waals surface area contributed by atoms with Gasteiger partial charge in [0.1, 0.15) is 5.75 Å². The van der Waals surface area contributed by atoms with Crippen molar-refractivity contribution in [2.45, 2.75) is 25.9 Å². The van der Waals surface area contributed by atoms with Gasteiger partial charge in [0.2, 0.25) is 0 Å². The van der Waals surface area contributed by atoms with E-state index in [-0.39, 0.29) is 6.04 Å². The van der Waals surface area contributed by atoms with Crippen LogP contribution in [0.2, 0.25) is 0 Å². The summed E-state index contributed by atoms with van der Waals surface area (Å²) in [5.74, 6) is 0.932. The summed E-state index contributed by atoms with van der Waals surface area (Å²) in [5, 5.41) is 3.71. The van der Waals surface area contributed by atoms with E-state index in [1.165, 1.54) is 28.1 Å². The maximum Gasteiger partial charge on any atom is 0.125 e. The minimum atomic E-state index is 0.169. The Morgan fingerprint density at radius 3 is 2.67 bits per heavy atom. The highest BCUT2D eigenvalue weighted by molar-refractivity contribution is 5.53. The van der Waals surface area contributed by atoms with Crippen molar-refractivity contribution in [3.05, 3.63) is 83.2 Å². The van der Waals surface area contributed by atoms with Crippen molar-refractivity contribution in [3.63, 3.8) is 0 Å². The number of rotatable bonds is 3. The van der Waals surface area contributed by atoms with Crippen molar-refractivity contribution in [1.82, 2.24) is 9.88 Å². The number of aryl methyl sites for hydroxylation is 1. The zero-order chi connectivity index (χ0) is 16.5. The highest BCUT2D eigenvalue weighted by atomic mass is 16.5. The third kappa shape index (κ3) is 2.42. The molecule has 0 fully saturated rings. The molecule has 0 amide bonds. The number of aromatic nitrogens is 1. The highest BCUT2D eigenvalue weighted by Crippen LogP contribution is 2.34. The molecule has 3 aromatic rings. The number of methoxy groups -OCH3 is 1. The Labute approximate surface area is 142 Å². The van der Waals surface area contributed by atoms with E-state index < -0.39 is 0 Å². The molecule has 0 radical (unpaired) electrons. The van der Waals surface area contributed by atoms with Crippen LogP contribution in [0.1, 0.15) is 35.3 Å². The van der Waals surface area contributed by atoms with E-state index in [0.29, 0.717) is 0 Å². The number of nitrogens with zero attached hydrogens (tertiary/aromatic N) is 1. The van der Waals surface area contributed by atoms with Gasteiger partial charge in [-0.2, -0.15) is 0 Å². The van der Waals surface area contributed by atoms with Gasteiger partial charge in [-0.3, -0.25) is 0 Å². The summed E-state index contributed by atoms with van der Waals surface area (Å²) >= 11 is 0. The number of fused-ring (bicyclic) bond motifs is 3. The quantitative estimate of drug-likeness (QED) is 0.782. The van der Waals surface area contributed by atoms with Crippen LogP contribution < -0.4 is 10.1 Å². The first-order valence-electron chi connectivity index (χ1n) is 8.47. The lowest BCUT2D eigenvalue weighted by Crippen LogP contribution is -2.21. The van der Waals surface area contributed by atoms with E-state index >= 15 is 0 Å². The Bertz CT molecular complexity index is 849. The summed E-state index contributed by atoms with van der Waals surface area (Å²) in [6, 6.07) is 19.6. The second-order valence-electron chi connectivity index (χ2n) is 6.17. The molecule has 4 rings (SSSR count). The lowest BCUT2D eigenvalue weighted by molar-refractivity contribution is 0.407. The summed E-state index contributed by atoms with van der Waals surface area (Å²) < 4.78 is 7.85. The van der Waals surface area contributed by atoms with Crippen molar-refractivity contribution < 1.29 is 4.74 Å². The predicted octanol–water partition coefficient (Wildman–Crippen LogP) is 4.24. The molecule has 1 atom stereocenters. The topological polar surface area (TPSA) is 26.2 Å². The fourth-order valence-electron chi connectivity index (χ4n) is 3.54. The average Bonchev–Trinajstić information content (AvgIpc) is 3.06. The molecular formula is C21H22N2O. The monoisotopic (exact) mass is 318 g/mol. The van der Waals surface area contributed by atoms with Crippen LogP contribution in [0.3, 0.4) is 0 Å². The van der Waals surface area contributed by atoms with Gasteiger partial charge in [0.25, 0.3) is 0 Å². The van der Waals surface area contributed by atoms with Crippen molar-refractivity contribution in [1.29, 1.82) is 0 Å². The van der Waals surface area contributed by atoms with E-state index in [9.17, 15) is 0 Å². The van der Waals surface area contributed by atoms with Gasteiger partial charge in [-0.15, -0.1) is 0 Å². The smallest absolute Gasteiger partial charge is 0.125 e. The molecule has 1 aromatic heterocycles. The molecular weight excluding hydrogens is 296 g/mol. The molecule has 122 valence electrons. The van der Waals surface area contributed by atoms with Crippen molar-refractivity contribution in [2.24, 2.45) is 0 Å². The molecule has 1 aliphatic rings. The first kappa shape index (κ1) is 15.0. The zero-order valence-electron chi connectivity index (χ0n) is 14.1. The van der Waals surface area contributed by atoms with Crippen LogP contribution in [-0.2, 0) is 13.0 Å². The van der Waals surface area contributed by atoms with Crippen LogP contribution in [0.4, 0.5) is 0 Å². The Hall–Kier alpha value is -2.52. The van der Waals surface area contributed by atoms with Crippen molar-refractivity contribution >= 4 is 0 Å². The lowest BCUT2D eigenvalue weighted by atomic mass is 10.0. The van der Waals surface area contributed by atoms with E-state index in [1.807, 2.05) is 6.07 Å². The molecule has 1 aliphatic heterocycles. The fraction of sp³-hybridized carbons (Fsp3) is 0.238. The second kappa shape index (κ2) is 6.17. The highest BCUT2D eigenvalue weighted by Gasteiger charge is 2.24. The number of benzene rings is 2. The molecule has 0 saturated carbocycles. The fourth-order valence-corrected chi connectivity index (χ4v) is 3.54. The van der Waals surface area contributed by atoms with Crippen LogP contribution in [0.15, 0.2) is 60.8 Å². The number of nitrogens with one attached hydrogen (secondary N) is 1. The van der Waals surface area contributed by atoms with Crippen LogP contribution >= 0.6 is 0 Å². The minimum absolute atomic E-state index is 0.169. The molecule has 0 aliphatic carbocycles. The van der Waals surface area contributed by atoms with Crippen LogP contribution in [0.25, 0.3) is 5.69 Å². The van der Waals surface area contributed by atoms with E-state index in [4.69, 9.17) is 4.74 Å². The minimum Gasteiger partial charge on any atom is -0.496 e. The van der Waals surface area contributed by atoms with Gasteiger partial charge in [0.15, 0.2) is 0 Å². The summed E-state index contributed by atoms with van der Waals surface area (Å²) in [5.41, 5.74) is 6.30.